The molecule has 1 aromatic carbocycles. The van der Waals surface area contributed by atoms with Crippen molar-refractivity contribution in [1.29, 1.82) is 0 Å². The van der Waals surface area contributed by atoms with E-state index in [4.69, 9.17) is 15.2 Å². The van der Waals surface area contributed by atoms with Crippen LogP contribution in [0.5, 0.6) is 0 Å². The molecule has 0 radical (unpaired) electrons. The van der Waals surface area contributed by atoms with Gasteiger partial charge in [0, 0.05) is 25.3 Å². The minimum absolute atomic E-state index is 0.288. The third-order valence-electron chi connectivity index (χ3n) is 4.39. The maximum absolute atomic E-state index is 12.4. The molecule has 25 heavy (non-hydrogen) atoms. The first-order chi connectivity index (χ1) is 11.8. The number of morpholine rings is 1. The third-order valence-corrected chi connectivity index (χ3v) is 4.39. The van der Waals surface area contributed by atoms with Crippen molar-refractivity contribution in [3.05, 3.63) is 23.3 Å². The van der Waals surface area contributed by atoms with Crippen molar-refractivity contribution in [2.24, 2.45) is 0 Å². The average molecular weight is 348 g/mol. The van der Waals surface area contributed by atoms with Gasteiger partial charge in [-0.1, -0.05) is 0 Å². The number of nitrogens with two attached hydrogens (primary N) is 1. The van der Waals surface area contributed by atoms with Gasteiger partial charge >= 0.3 is 6.09 Å². The van der Waals surface area contributed by atoms with E-state index in [1.807, 2.05) is 32.9 Å². The van der Waals surface area contributed by atoms with Crippen molar-refractivity contribution in [3.8, 4) is 0 Å². The molecule has 1 aromatic rings. The van der Waals surface area contributed by atoms with Gasteiger partial charge in [-0.2, -0.15) is 0 Å². The molecule has 3 rings (SSSR count). The predicted octanol–water partition coefficient (Wildman–Crippen LogP) is 2.22. The number of amides is 1. The summed E-state index contributed by atoms with van der Waals surface area (Å²) in [7, 11) is 0. The monoisotopic (exact) mass is 348 g/mol. The Bertz CT molecular complexity index is 636. The van der Waals surface area contributed by atoms with Crippen LogP contribution < -0.4 is 11.2 Å². The Hall–Kier alpha value is -1.99. The first-order valence-corrected chi connectivity index (χ1v) is 8.81. The Balaban J connectivity index is 1.75. The maximum atomic E-state index is 12.4. The van der Waals surface area contributed by atoms with E-state index in [2.05, 4.69) is 10.4 Å². The normalized spacial score (nSPS) is 18.6. The van der Waals surface area contributed by atoms with Gasteiger partial charge in [-0.3, -0.25) is 0 Å². The van der Waals surface area contributed by atoms with Gasteiger partial charge < -0.3 is 25.5 Å². The van der Waals surface area contributed by atoms with E-state index in [0.29, 0.717) is 13.1 Å². The molecule has 1 amide bonds. The molecule has 3 N–H and O–H groups in total. The Labute approximate surface area is 149 Å². The fourth-order valence-corrected chi connectivity index (χ4v) is 3.13. The van der Waals surface area contributed by atoms with Crippen LogP contribution in [0.2, 0.25) is 0 Å². The summed E-state index contributed by atoms with van der Waals surface area (Å²) >= 11 is 0. The Morgan fingerprint density at radius 1 is 1.20 bits per heavy atom. The number of ether oxygens (including phenoxy) is 2. The van der Waals surface area contributed by atoms with Crippen molar-refractivity contribution in [2.75, 3.05) is 44.0 Å². The van der Waals surface area contributed by atoms with Gasteiger partial charge in [0.15, 0.2) is 0 Å². The standard InChI is InChI=1S/C18H28N4O3/c1-18(2,3)25-17(23)21-7-6-13-14(12-21)15(19)4-5-16(13)20-22-8-10-24-11-9-22/h4-5,20H,6-12,19H2,1-3H3. The highest BCUT2D eigenvalue weighted by Gasteiger charge is 2.28. The molecule has 1 fully saturated rings. The van der Waals surface area contributed by atoms with E-state index in [9.17, 15) is 4.79 Å². The van der Waals surface area contributed by atoms with Gasteiger partial charge in [-0.05, 0) is 50.5 Å². The molecule has 7 heteroatoms. The number of hydrogen-bond donors (Lipinski definition) is 2. The summed E-state index contributed by atoms with van der Waals surface area (Å²) in [5.41, 5.74) is 13.2. The van der Waals surface area contributed by atoms with Gasteiger partial charge in [0.25, 0.3) is 0 Å². The largest absolute Gasteiger partial charge is 0.444 e. The second-order valence-corrected chi connectivity index (χ2v) is 7.52. The zero-order chi connectivity index (χ0) is 18.0. The summed E-state index contributed by atoms with van der Waals surface area (Å²) in [5.74, 6) is 0. The Morgan fingerprint density at radius 2 is 1.92 bits per heavy atom. The van der Waals surface area contributed by atoms with Crippen LogP contribution in [0, 0.1) is 0 Å². The van der Waals surface area contributed by atoms with Crippen molar-refractivity contribution in [3.63, 3.8) is 0 Å². The molecule has 2 aliphatic rings. The number of benzene rings is 1. The minimum atomic E-state index is -0.497. The molecule has 0 saturated carbocycles. The topological polar surface area (TPSA) is 80.1 Å². The molecule has 2 heterocycles. The lowest BCUT2D eigenvalue weighted by atomic mass is 9.96. The van der Waals surface area contributed by atoms with Gasteiger partial charge in [0.2, 0.25) is 0 Å². The summed E-state index contributed by atoms with van der Waals surface area (Å²) in [6.07, 6.45) is 0.468. The van der Waals surface area contributed by atoms with E-state index >= 15 is 0 Å². The van der Waals surface area contributed by atoms with Crippen LogP contribution >= 0.6 is 0 Å². The van der Waals surface area contributed by atoms with Crippen molar-refractivity contribution < 1.29 is 14.3 Å². The number of anilines is 2. The number of nitrogens with one attached hydrogen (secondary N) is 1. The van der Waals surface area contributed by atoms with E-state index in [0.717, 1.165) is 49.7 Å². The quantitative estimate of drug-likeness (QED) is 0.798. The number of nitrogens with zero attached hydrogens (tertiary/aromatic N) is 2. The van der Waals surface area contributed by atoms with Crippen LogP contribution in [-0.2, 0) is 22.4 Å². The van der Waals surface area contributed by atoms with Crippen molar-refractivity contribution >= 4 is 17.5 Å². The molecule has 0 aliphatic carbocycles. The molecule has 138 valence electrons. The molecular weight excluding hydrogens is 320 g/mol. The number of fused-ring (bicyclic) bond motifs is 1. The van der Waals surface area contributed by atoms with Gasteiger partial charge in [0.05, 0.1) is 25.4 Å². The van der Waals surface area contributed by atoms with E-state index < -0.39 is 5.60 Å². The zero-order valence-corrected chi connectivity index (χ0v) is 15.3. The van der Waals surface area contributed by atoms with E-state index in [1.165, 1.54) is 5.56 Å². The maximum Gasteiger partial charge on any atom is 0.410 e. The van der Waals surface area contributed by atoms with Crippen molar-refractivity contribution in [1.82, 2.24) is 9.91 Å². The number of rotatable bonds is 2. The lowest BCUT2D eigenvalue weighted by molar-refractivity contribution is 0.0224. The Kier molecular flexibility index (Phi) is 5.06. The number of nitrogen functional groups attached to an aromatic ring is 1. The summed E-state index contributed by atoms with van der Waals surface area (Å²) < 4.78 is 10.9. The van der Waals surface area contributed by atoms with Crippen LogP contribution in [-0.4, -0.2) is 54.5 Å². The second-order valence-electron chi connectivity index (χ2n) is 7.52. The summed E-state index contributed by atoms with van der Waals surface area (Å²) in [6.45, 7) is 9.90. The van der Waals surface area contributed by atoms with Crippen LogP contribution in [0.4, 0.5) is 16.2 Å². The smallest absolute Gasteiger partial charge is 0.410 e. The Morgan fingerprint density at radius 3 is 2.60 bits per heavy atom. The van der Waals surface area contributed by atoms with Gasteiger partial charge in [-0.15, -0.1) is 0 Å². The number of carbonyl (C=O) groups excluding carboxylic acids is 1. The molecule has 0 aromatic heterocycles. The molecule has 7 nitrogen and oxygen atoms in total. The molecule has 1 saturated heterocycles. The highest BCUT2D eigenvalue weighted by atomic mass is 16.6. The lowest BCUT2D eigenvalue weighted by Gasteiger charge is -2.34. The number of hydrogen-bond acceptors (Lipinski definition) is 6. The molecule has 0 unspecified atom stereocenters. The molecule has 0 bridgehead atoms. The average Bonchev–Trinajstić information content (AvgIpc) is 2.56. The molecule has 2 aliphatic heterocycles. The van der Waals surface area contributed by atoms with Crippen molar-refractivity contribution in [2.45, 2.75) is 39.3 Å². The number of carbonyl (C=O) groups is 1. The van der Waals surface area contributed by atoms with Gasteiger partial charge in [0.1, 0.15) is 5.60 Å². The SMILES string of the molecule is CC(C)(C)OC(=O)N1CCc2c(NN3CCOCC3)ccc(N)c2C1. The van der Waals surface area contributed by atoms with E-state index in [1.54, 1.807) is 4.90 Å². The second kappa shape index (κ2) is 7.09. The van der Waals surface area contributed by atoms with Gasteiger partial charge in [-0.25, -0.2) is 9.80 Å². The summed E-state index contributed by atoms with van der Waals surface area (Å²) in [4.78, 5) is 14.1. The predicted molar refractivity (Wildman–Crippen MR) is 97.2 cm³/mol. The molecule has 0 atom stereocenters. The fraction of sp³-hybridized carbons (Fsp3) is 0.611. The summed E-state index contributed by atoms with van der Waals surface area (Å²) in [5, 5.41) is 2.16. The van der Waals surface area contributed by atoms with Crippen LogP contribution in [0.15, 0.2) is 12.1 Å². The first kappa shape index (κ1) is 17.8. The molecular formula is C18H28N4O3. The van der Waals surface area contributed by atoms with E-state index in [-0.39, 0.29) is 6.09 Å². The minimum Gasteiger partial charge on any atom is -0.444 e. The first-order valence-electron chi connectivity index (χ1n) is 8.81. The number of hydrazine groups is 1. The van der Waals surface area contributed by atoms with Crippen LogP contribution in [0.25, 0.3) is 0 Å². The third kappa shape index (κ3) is 4.35. The lowest BCUT2D eigenvalue weighted by Crippen LogP contribution is -2.42. The highest BCUT2D eigenvalue weighted by molar-refractivity contribution is 5.71. The zero-order valence-electron chi connectivity index (χ0n) is 15.3. The van der Waals surface area contributed by atoms with Crippen LogP contribution in [0.1, 0.15) is 31.9 Å². The highest BCUT2D eigenvalue weighted by Crippen LogP contribution is 2.31. The summed E-state index contributed by atoms with van der Waals surface area (Å²) in [6, 6.07) is 3.92. The molecule has 0 spiro atoms. The fourth-order valence-electron chi connectivity index (χ4n) is 3.13. The van der Waals surface area contributed by atoms with Crippen LogP contribution in [0.3, 0.4) is 0 Å².